The van der Waals surface area contributed by atoms with E-state index in [1.807, 2.05) is 19.1 Å². The molecule has 0 radical (unpaired) electrons. The minimum absolute atomic E-state index is 0.00467. The van der Waals surface area contributed by atoms with Gasteiger partial charge in [-0.25, -0.2) is 4.39 Å². The maximum absolute atomic E-state index is 14.0. The molecule has 236 valence electrons. The molecule has 7 rings (SSSR count). The summed E-state index contributed by atoms with van der Waals surface area (Å²) in [5.74, 6) is -0.195. The molecule has 0 aromatic heterocycles. The first-order valence-electron chi connectivity index (χ1n) is 16.3. The van der Waals surface area contributed by atoms with Crippen LogP contribution < -0.4 is 10.2 Å². The van der Waals surface area contributed by atoms with E-state index in [-0.39, 0.29) is 17.6 Å². The van der Waals surface area contributed by atoms with Crippen molar-refractivity contribution in [3.63, 3.8) is 0 Å². The van der Waals surface area contributed by atoms with Crippen LogP contribution in [0, 0.1) is 5.82 Å². The Morgan fingerprint density at radius 2 is 1.61 bits per heavy atom. The molecule has 3 aliphatic heterocycles. The van der Waals surface area contributed by atoms with Crippen molar-refractivity contribution in [2.45, 2.75) is 48.1 Å². The number of rotatable bonds is 9. The van der Waals surface area contributed by atoms with Crippen molar-refractivity contribution in [2.75, 3.05) is 44.2 Å². The number of hydrogen-bond donors (Lipinski definition) is 1. The molecule has 3 heterocycles. The molecular formula is C38H39FN4O2S. The summed E-state index contributed by atoms with van der Waals surface area (Å²) in [6.07, 6.45) is 1.64. The first-order chi connectivity index (χ1) is 22.5. The van der Waals surface area contributed by atoms with Crippen LogP contribution in [-0.4, -0.2) is 60.9 Å². The standard InChI is InChI=1S/C38H39FN4O2S/c1-2-40-37(45)38(32-11-3-5-13-34(32)46-35-14-6-4-12-33(35)38)17-8-18-41-19-21-42(22-20-41)30-16-15-28-26-43(36(44)31(28)24-30)25-27-9-7-10-29(39)23-27/h3-7,9-16,23-24H,2,8,17-22,25-26H2,1H3,(H,40,45). The van der Waals surface area contributed by atoms with E-state index >= 15 is 0 Å². The third kappa shape index (κ3) is 5.69. The number of fused-ring (bicyclic) bond motifs is 3. The highest BCUT2D eigenvalue weighted by Gasteiger charge is 2.46. The van der Waals surface area contributed by atoms with Crippen LogP contribution in [0.15, 0.2) is 101 Å². The maximum Gasteiger partial charge on any atom is 0.254 e. The Morgan fingerprint density at radius 1 is 0.891 bits per heavy atom. The molecule has 0 spiro atoms. The third-order valence-corrected chi connectivity index (χ3v) is 10.8. The van der Waals surface area contributed by atoms with Crippen LogP contribution in [0.3, 0.4) is 0 Å². The van der Waals surface area contributed by atoms with Crippen molar-refractivity contribution in [1.29, 1.82) is 0 Å². The SMILES string of the molecule is CCNC(=O)C1(CCCN2CCN(c3ccc4c(c3)C(=O)N(Cc3cccc(F)c3)C4)CC2)c2ccccc2Sc2ccccc21. The number of anilines is 1. The molecule has 3 aliphatic rings. The molecule has 0 saturated carbocycles. The van der Waals surface area contributed by atoms with Crippen LogP contribution in [0.5, 0.6) is 0 Å². The normalized spacial score (nSPS) is 17.0. The molecule has 1 N–H and O–H groups in total. The van der Waals surface area contributed by atoms with Gasteiger partial charge in [0.1, 0.15) is 11.2 Å². The van der Waals surface area contributed by atoms with Gasteiger partial charge in [0, 0.05) is 66.9 Å². The zero-order valence-electron chi connectivity index (χ0n) is 26.2. The van der Waals surface area contributed by atoms with Gasteiger partial charge in [-0.3, -0.25) is 14.5 Å². The van der Waals surface area contributed by atoms with Crippen molar-refractivity contribution in [1.82, 2.24) is 15.1 Å². The molecule has 1 saturated heterocycles. The van der Waals surface area contributed by atoms with Crippen LogP contribution in [0.25, 0.3) is 0 Å². The number of carbonyl (C=O) groups is 2. The van der Waals surface area contributed by atoms with Gasteiger partial charge in [-0.05, 0) is 85.0 Å². The van der Waals surface area contributed by atoms with Gasteiger partial charge in [0.05, 0.1) is 0 Å². The highest BCUT2D eigenvalue weighted by molar-refractivity contribution is 7.99. The maximum atomic E-state index is 14.0. The highest BCUT2D eigenvalue weighted by Crippen LogP contribution is 2.51. The predicted octanol–water partition coefficient (Wildman–Crippen LogP) is 6.47. The van der Waals surface area contributed by atoms with Crippen molar-refractivity contribution < 1.29 is 14.0 Å². The summed E-state index contributed by atoms with van der Waals surface area (Å²) >= 11 is 1.75. The Balaban J connectivity index is 1.00. The van der Waals surface area contributed by atoms with E-state index in [9.17, 15) is 14.0 Å². The van der Waals surface area contributed by atoms with Gasteiger partial charge in [-0.2, -0.15) is 0 Å². The van der Waals surface area contributed by atoms with E-state index in [1.54, 1.807) is 22.7 Å². The van der Waals surface area contributed by atoms with Gasteiger partial charge in [0.25, 0.3) is 5.91 Å². The fourth-order valence-electron chi connectivity index (χ4n) is 7.35. The first kappa shape index (κ1) is 30.5. The minimum Gasteiger partial charge on any atom is -0.369 e. The first-order valence-corrected chi connectivity index (χ1v) is 17.1. The van der Waals surface area contributed by atoms with E-state index in [0.717, 1.165) is 88.9 Å². The molecule has 6 nitrogen and oxygen atoms in total. The minimum atomic E-state index is -0.713. The second-order valence-corrected chi connectivity index (χ2v) is 13.5. The second kappa shape index (κ2) is 12.9. The van der Waals surface area contributed by atoms with E-state index in [1.165, 1.54) is 12.1 Å². The van der Waals surface area contributed by atoms with Gasteiger partial charge in [-0.1, -0.05) is 66.4 Å². The Bertz CT molecular complexity index is 1720. The van der Waals surface area contributed by atoms with Crippen molar-refractivity contribution in [3.05, 3.63) is 125 Å². The molecule has 0 bridgehead atoms. The summed E-state index contributed by atoms with van der Waals surface area (Å²) in [5, 5.41) is 3.18. The van der Waals surface area contributed by atoms with Crippen LogP contribution in [0.1, 0.15) is 52.4 Å². The summed E-state index contributed by atoms with van der Waals surface area (Å²) < 4.78 is 13.7. The third-order valence-electron chi connectivity index (χ3n) is 9.64. The lowest BCUT2D eigenvalue weighted by molar-refractivity contribution is -0.125. The second-order valence-electron chi connectivity index (χ2n) is 12.4. The summed E-state index contributed by atoms with van der Waals surface area (Å²) in [6.45, 7) is 8.06. The molecule has 46 heavy (non-hydrogen) atoms. The molecular weight excluding hydrogens is 596 g/mol. The molecule has 8 heteroatoms. The van der Waals surface area contributed by atoms with Gasteiger partial charge in [0.15, 0.2) is 0 Å². The number of amides is 2. The zero-order chi connectivity index (χ0) is 31.7. The molecule has 4 aromatic rings. The van der Waals surface area contributed by atoms with Gasteiger partial charge in [0.2, 0.25) is 5.91 Å². The van der Waals surface area contributed by atoms with Gasteiger partial charge in [-0.15, -0.1) is 0 Å². The Kier molecular flexibility index (Phi) is 8.58. The quantitative estimate of drug-likeness (QED) is 0.229. The Morgan fingerprint density at radius 3 is 2.30 bits per heavy atom. The smallest absolute Gasteiger partial charge is 0.254 e. The number of nitrogens with one attached hydrogen (secondary N) is 1. The van der Waals surface area contributed by atoms with Crippen molar-refractivity contribution in [2.24, 2.45) is 0 Å². The van der Waals surface area contributed by atoms with E-state index in [2.05, 4.69) is 75.8 Å². The van der Waals surface area contributed by atoms with E-state index < -0.39 is 5.41 Å². The lowest BCUT2D eigenvalue weighted by atomic mass is 9.70. The summed E-state index contributed by atoms with van der Waals surface area (Å²) in [5.41, 5.74) is 5.14. The van der Waals surface area contributed by atoms with E-state index in [4.69, 9.17) is 0 Å². The lowest BCUT2D eigenvalue weighted by Crippen LogP contribution is -2.49. The Hall–Kier alpha value is -4.14. The molecule has 4 aromatic carbocycles. The average molecular weight is 635 g/mol. The number of hydrogen-bond acceptors (Lipinski definition) is 5. The topological polar surface area (TPSA) is 55.9 Å². The van der Waals surface area contributed by atoms with Crippen molar-refractivity contribution in [3.8, 4) is 0 Å². The largest absolute Gasteiger partial charge is 0.369 e. The van der Waals surface area contributed by atoms with Crippen LogP contribution in [0.2, 0.25) is 0 Å². The number of benzene rings is 4. The number of carbonyl (C=O) groups excluding carboxylic acids is 2. The lowest BCUT2D eigenvalue weighted by Gasteiger charge is -2.40. The van der Waals surface area contributed by atoms with Gasteiger partial charge < -0.3 is 15.1 Å². The summed E-state index contributed by atoms with van der Waals surface area (Å²) in [7, 11) is 0. The fraction of sp³-hybridized carbons (Fsp3) is 0.316. The number of halogens is 1. The van der Waals surface area contributed by atoms with Crippen molar-refractivity contribution >= 4 is 29.3 Å². The zero-order valence-corrected chi connectivity index (χ0v) is 27.0. The molecule has 0 aliphatic carbocycles. The predicted molar refractivity (Wildman–Crippen MR) is 181 cm³/mol. The number of piperazine rings is 1. The monoisotopic (exact) mass is 634 g/mol. The molecule has 2 amide bonds. The molecule has 0 atom stereocenters. The molecule has 1 fully saturated rings. The fourth-order valence-corrected chi connectivity index (χ4v) is 8.58. The summed E-state index contributed by atoms with van der Waals surface area (Å²) in [4.78, 5) is 36.2. The number of nitrogens with zero attached hydrogens (tertiary/aromatic N) is 3. The Labute approximate surface area is 274 Å². The van der Waals surface area contributed by atoms with E-state index in [0.29, 0.717) is 19.6 Å². The van der Waals surface area contributed by atoms with Crippen LogP contribution in [-0.2, 0) is 23.3 Å². The molecule has 0 unspecified atom stereocenters. The van der Waals surface area contributed by atoms with Crippen LogP contribution in [0.4, 0.5) is 10.1 Å². The highest BCUT2D eigenvalue weighted by atomic mass is 32.2. The average Bonchev–Trinajstić information content (AvgIpc) is 3.38. The number of likely N-dealkylation sites (N-methyl/N-ethyl adjacent to an activating group) is 1. The van der Waals surface area contributed by atoms with Gasteiger partial charge >= 0.3 is 0 Å². The summed E-state index contributed by atoms with van der Waals surface area (Å²) in [6, 6.07) is 29.4. The van der Waals surface area contributed by atoms with Crippen LogP contribution >= 0.6 is 11.8 Å².